The molecule has 0 saturated heterocycles. The molecule has 0 saturated carbocycles. The first kappa shape index (κ1) is 15.4. The van der Waals surface area contributed by atoms with Crippen molar-refractivity contribution in [3.8, 4) is 0 Å². The van der Waals surface area contributed by atoms with Crippen LogP contribution in [0.5, 0.6) is 0 Å². The quantitative estimate of drug-likeness (QED) is 0.756. The molecule has 0 atom stereocenters. The molecule has 0 fully saturated rings. The van der Waals surface area contributed by atoms with Gasteiger partial charge in [0.05, 0.1) is 11.3 Å². The monoisotopic (exact) mass is 330 g/mol. The average Bonchev–Trinajstić information content (AvgIpc) is 2.92. The first-order chi connectivity index (χ1) is 12.2. The summed E-state index contributed by atoms with van der Waals surface area (Å²) in [6.07, 6.45) is 6.37. The second-order valence-electron chi connectivity index (χ2n) is 6.12. The lowest BCUT2D eigenvalue weighted by Crippen LogP contribution is -2.15. The fourth-order valence-corrected chi connectivity index (χ4v) is 3.33. The number of furan rings is 1. The van der Waals surface area contributed by atoms with Gasteiger partial charge in [0, 0.05) is 11.6 Å². The van der Waals surface area contributed by atoms with Crippen LogP contribution in [0.2, 0.25) is 0 Å². The minimum Gasteiger partial charge on any atom is -0.450 e. The number of carbonyl (C=O) groups excluding carboxylic acids is 1. The molecular weight excluding hydrogens is 312 g/mol. The predicted molar refractivity (Wildman–Crippen MR) is 99.7 cm³/mol. The molecule has 2 N–H and O–H groups in total. The molecule has 1 aromatic heterocycles. The van der Waals surface area contributed by atoms with E-state index in [-0.39, 0.29) is 5.76 Å². The van der Waals surface area contributed by atoms with Crippen LogP contribution in [0.15, 0.2) is 64.1 Å². The Labute approximate surface area is 145 Å². The Bertz CT molecular complexity index is 997. The van der Waals surface area contributed by atoms with E-state index in [1.54, 1.807) is 6.20 Å². The largest absolute Gasteiger partial charge is 0.450 e. The summed E-state index contributed by atoms with van der Waals surface area (Å²) in [7, 11) is 0. The molecule has 1 aliphatic rings. The Kier molecular flexibility index (Phi) is 3.94. The summed E-state index contributed by atoms with van der Waals surface area (Å²) >= 11 is 0. The van der Waals surface area contributed by atoms with E-state index in [0.717, 1.165) is 41.5 Å². The number of rotatable bonds is 5. The third-order valence-electron chi connectivity index (χ3n) is 4.47. The van der Waals surface area contributed by atoms with E-state index in [1.165, 1.54) is 5.56 Å². The van der Waals surface area contributed by atoms with Crippen molar-refractivity contribution in [3.05, 3.63) is 77.2 Å². The van der Waals surface area contributed by atoms with Gasteiger partial charge in [0.25, 0.3) is 5.91 Å². The topological polar surface area (TPSA) is 68.6 Å². The molecular formula is C21H18N2O2. The lowest BCUT2D eigenvalue weighted by atomic mass is 9.97. The molecule has 25 heavy (non-hydrogen) atoms. The van der Waals surface area contributed by atoms with E-state index in [9.17, 15) is 4.79 Å². The van der Waals surface area contributed by atoms with Gasteiger partial charge in [-0.05, 0) is 42.5 Å². The van der Waals surface area contributed by atoms with Crippen molar-refractivity contribution in [2.75, 3.05) is 0 Å². The van der Waals surface area contributed by atoms with Crippen molar-refractivity contribution < 1.29 is 9.21 Å². The van der Waals surface area contributed by atoms with Gasteiger partial charge >= 0.3 is 0 Å². The van der Waals surface area contributed by atoms with Gasteiger partial charge < -0.3 is 10.2 Å². The first-order valence-electron chi connectivity index (χ1n) is 8.37. The number of aryl methyl sites for hydroxylation is 1. The smallest absolute Gasteiger partial charge is 0.285 e. The molecule has 0 unspecified atom stereocenters. The van der Waals surface area contributed by atoms with Gasteiger partial charge in [0.1, 0.15) is 5.58 Å². The van der Waals surface area contributed by atoms with E-state index in [0.29, 0.717) is 5.58 Å². The molecule has 4 rings (SSSR count). The summed E-state index contributed by atoms with van der Waals surface area (Å²) < 4.78 is 5.73. The second-order valence-corrected chi connectivity index (χ2v) is 6.12. The van der Waals surface area contributed by atoms with Gasteiger partial charge in [-0.25, -0.2) is 0 Å². The SMILES string of the molecule is NC(=O)c1oc2cccc3c2c1C(CCCc1ccccc1)=NC=C3. The van der Waals surface area contributed by atoms with Crippen LogP contribution in [0, 0.1) is 0 Å². The Morgan fingerprint density at radius 2 is 1.88 bits per heavy atom. The Morgan fingerprint density at radius 1 is 1.04 bits per heavy atom. The first-order valence-corrected chi connectivity index (χ1v) is 8.37. The Balaban J connectivity index is 1.69. The Morgan fingerprint density at radius 3 is 2.68 bits per heavy atom. The van der Waals surface area contributed by atoms with Crippen LogP contribution in [-0.4, -0.2) is 11.6 Å². The number of amides is 1. The molecule has 1 amide bonds. The predicted octanol–water partition coefficient (Wildman–Crippen LogP) is 4.33. The minimum atomic E-state index is -0.560. The highest BCUT2D eigenvalue weighted by Crippen LogP contribution is 2.33. The number of primary amides is 1. The van der Waals surface area contributed by atoms with Crippen LogP contribution in [0.3, 0.4) is 0 Å². The fourth-order valence-electron chi connectivity index (χ4n) is 3.33. The zero-order chi connectivity index (χ0) is 17.2. The van der Waals surface area contributed by atoms with Crippen LogP contribution in [0.4, 0.5) is 0 Å². The van der Waals surface area contributed by atoms with E-state index in [2.05, 4.69) is 17.1 Å². The average molecular weight is 330 g/mol. The lowest BCUT2D eigenvalue weighted by Gasteiger charge is -2.06. The third-order valence-corrected chi connectivity index (χ3v) is 4.47. The normalized spacial score (nSPS) is 12.9. The molecule has 3 aromatic rings. The van der Waals surface area contributed by atoms with E-state index < -0.39 is 5.91 Å². The summed E-state index contributed by atoms with van der Waals surface area (Å²) in [4.78, 5) is 16.5. The van der Waals surface area contributed by atoms with Gasteiger partial charge in [0.15, 0.2) is 0 Å². The maximum Gasteiger partial charge on any atom is 0.285 e. The number of carbonyl (C=O) groups is 1. The highest BCUT2D eigenvalue weighted by molar-refractivity contribution is 6.19. The van der Waals surface area contributed by atoms with Gasteiger partial charge in [0.2, 0.25) is 5.76 Å². The molecule has 0 bridgehead atoms. The number of hydrogen-bond acceptors (Lipinski definition) is 3. The number of nitrogens with two attached hydrogens (primary N) is 1. The summed E-state index contributed by atoms with van der Waals surface area (Å²) in [6.45, 7) is 0. The number of nitrogens with zero attached hydrogens (tertiary/aromatic N) is 1. The maximum absolute atomic E-state index is 11.9. The van der Waals surface area contributed by atoms with Crippen molar-refractivity contribution >= 4 is 28.7 Å². The highest BCUT2D eigenvalue weighted by Gasteiger charge is 2.24. The molecule has 4 nitrogen and oxygen atoms in total. The standard InChI is InChI=1S/C21H18N2O2/c22-21(24)20-19-16(10-4-8-14-6-2-1-3-7-14)23-13-12-15-9-5-11-17(25-20)18(15)19/h1-3,5-7,9,11-13H,4,8,10H2,(H2,22,24). The lowest BCUT2D eigenvalue weighted by molar-refractivity contribution is 0.0976. The summed E-state index contributed by atoms with van der Waals surface area (Å²) in [5.74, 6) is -0.362. The summed E-state index contributed by atoms with van der Waals surface area (Å²) in [6, 6.07) is 16.1. The van der Waals surface area contributed by atoms with Gasteiger partial charge in [-0.15, -0.1) is 0 Å². The molecule has 124 valence electrons. The van der Waals surface area contributed by atoms with Crippen molar-refractivity contribution in [1.29, 1.82) is 0 Å². The zero-order valence-electron chi connectivity index (χ0n) is 13.7. The van der Waals surface area contributed by atoms with Crippen LogP contribution in [-0.2, 0) is 6.42 Å². The van der Waals surface area contributed by atoms with Gasteiger partial charge in [-0.2, -0.15) is 0 Å². The van der Waals surface area contributed by atoms with Crippen LogP contribution < -0.4 is 5.73 Å². The van der Waals surface area contributed by atoms with E-state index in [1.807, 2.05) is 42.5 Å². The summed E-state index contributed by atoms with van der Waals surface area (Å²) in [5, 5.41) is 0.920. The molecule has 2 heterocycles. The molecule has 4 heteroatoms. The maximum atomic E-state index is 11.9. The molecule has 2 aromatic carbocycles. The van der Waals surface area contributed by atoms with E-state index >= 15 is 0 Å². The van der Waals surface area contributed by atoms with Gasteiger partial charge in [-0.3, -0.25) is 9.79 Å². The van der Waals surface area contributed by atoms with Crippen molar-refractivity contribution in [2.24, 2.45) is 10.7 Å². The number of benzene rings is 2. The van der Waals surface area contributed by atoms with Crippen LogP contribution in [0.25, 0.3) is 17.0 Å². The van der Waals surface area contributed by atoms with Crippen molar-refractivity contribution in [2.45, 2.75) is 19.3 Å². The summed E-state index contributed by atoms with van der Waals surface area (Å²) in [5.41, 5.74) is 10.1. The van der Waals surface area contributed by atoms with Crippen LogP contribution >= 0.6 is 0 Å². The van der Waals surface area contributed by atoms with Crippen LogP contribution in [0.1, 0.15) is 40.1 Å². The zero-order valence-corrected chi connectivity index (χ0v) is 13.7. The number of aliphatic imine (C=N–C) groups is 1. The van der Waals surface area contributed by atoms with Gasteiger partial charge in [-0.1, -0.05) is 42.5 Å². The Hall–Kier alpha value is -3.14. The van der Waals surface area contributed by atoms with E-state index in [4.69, 9.17) is 10.2 Å². The number of hydrogen-bond donors (Lipinski definition) is 1. The third kappa shape index (κ3) is 2.87. The van der Waals surface area contributed by atoms with Crippen molar-refractivity contribution in [1.82, 2.24) is 0 Å². The molecule has 0 spiro atoms. The fraction of sp³-hybridized carbons (Fsp3) is 0.143. The van der Waals surface area contributed by atoms with Crippen molar-refractivity contribution in [3.63, 3.8) is 0 Å². The molecule has 1 aliphatic heterocycles. The minimum absolute atomic E-state index is 0.199. The highest BCUT2D eigenvalue weighted by atomic mass is 16.3. The molecule has 0 aliphatic carbocycles. The molecule has 0 radical (unpaired) electrons. The second kappa shape index (κ2) is 6.40.